The van der Waals surface area contributed by atoms with Gasteiger partial charge in [-0.3, -0.25) is 4.99 Å². The Morgan fingerprint density at radius 1 is 1.28 bits per heavy atom. The van der Waals surface area contributed by atoms with Crippen LogP contribution in [0.3, 0.4) is 0 Å². The minimum absolute atomic E-state index is 0.151. The van der Waals surface area contributed by atoms with Crippen molar-refractivity contribution >= 4 is 17.3 Å². The van der Waals surface area contributed by atoms with E-state index in [1.807, 2.05) is 19.1 Å². The summed E-state index contributed by atoms with van der Waals surface area (Å²) in [5.74, 6) is 1.78. The second-order valence-corrected chi connectivity index (χ2v) is 7.80. The second kappa shape index (κ2) is 7.44. The van der Waals surface area contributed by atoms with Gasteiger partial charge in [0.15, 0.2) is 5.96 Å². The number of rotatable bonds is 6. The van der Waals surface area contributed by atoms with Crippen molar-refractivity contribution in [2.75, 3.05) is 20.7 Å². The van der Waals surface area contributed by atoms with Crippen LogP contribution in [0.15, 0.2) is 29.3 Å². The largest absolute Gasteiger partial charge is 0.496 e. The van der Waals surface area contributed by atoms with E-state index in [2.05, 4.69) is 39.7 Å². The Kier molecular flexibility index (Phi) is 5.27. The van der Waals surface area contributed by atoms with Crippen LogP contribution < -0.4 is 15.4 Å². The van der Waals surface area contributed by atoms with Crippen molar-refractivity contribution in [1.29, 1.82) is 0 Å². The Labute approximate surface area is 153 Å². The summed E-state index contributed by atoms with van der Waals surface area (Å²) in [4.78, 5) is 10.2. The summed E-state index contributed by atoms with van der Waals surface area (Å²) >= 11 is 1.73. The molecule has 0 spiro atoms. The van der Waals surface area contributed by atoms with Crippen LogP contribution in [0.1, 0.15) is 34.0 Å². The number of aliphatic imine (C=N–C) groups is 1. The Morgan fingerprint density at radius 3 is 2.64 bits per heavy atom. The summed E-state index contributed by atoms with van der Waals surface area (Å²) in [6, 6.07) is 8.31. The average Bonchev–Trinajstić information content (AvgIpc) is 3.35. The lowest BCUT2D eigenvalue weighted by Gasteiger charge is -2.21. The first-order chi connectivity index (χ1) is 12.1. The number of ether oxygens (including phenoxy) is 1. The van der Waals surface area contributed by atoms with E-state index < -0.39 is 0 Å². The van der Waals surface area contributed by atoms with Crippen LogP contribution in [0.5, 0.6) is 5.75 Å². The van der Waals surface area contributed by atoms with Gasteiger partial charge in [0, 0.05) is 29.4 Å². The van der Waals surface area contributed by atoms with E-state index >= 15 is 0 Å². The second-order valence-electron chi connectivity index (χ2n) is 6.51. The molecule has 6 heteroatoms. The maximum absolute atomic E-state index is 5.54. The van der Waals surface area contributed by atoms with Gasteiger partial charge in [-0.2, -0.15) is 0 Å². The van der Waals surface area contributed by atoms with E-state index in [0.717, 1.165) is 29.0 Å². The van der Waals surface area contributed by atoms with Crippen LogP contribution in [0.25, 0.3) is 0 Å². The first kappa shape index (κ1) is 17.7. The molecule has 1 aromatic carbocycles. The highest BCUT2D eigenvalue weighted by Gasteiger charge is 2.46. The summed E-state index contributed by atoms with van der Waals surface area (Å²) < 4.78 is 5.54. The van der Waals surface area contributed by atoms with Gasteiger partial charge < -0.3 is 15.4 Å². The maximum Gasteiger partial charge on any atom is 0.191 e. The molecule has 2 N–H and O–H groups in total. The fraction of sp³-hybridized carbons (Fsp3) is 0.474. The van der Waals surface area contributed by atoms with Crippen molar-refractivity contribution < 1.29 is 4.74 Å². The first-order valence-electron chi connectivity index (χ1n) is 8.59. The Hall–Kier alpha value is -2.08. The standard InChI is InChI=1S/C19H26N4OS/c1-13-14(2)25-17(23-13)11-21-18(20-3)22-12-19(9-10-19)15-7-5-6-8-16(15)24-4/h5-8H,9-12H2,1-4H3,(H2,20,21,22). The number of nitrogens with one attached hydrogen (secondary N) is 2. The number of para-hydroxylation sites is 1. The number of aryl methyl sites for hydroxylation is 2. The molecule has 0 bridgehead atoms. The zero-order valence-corrected chi connectivity index (χ0v) is 16.2. The molecular formula is C19H26N4OS. The number of thiazole rings is 1. The average molecular weight is 359 g/mol. The lowest BCUT2D eigenvalue weighted by atomic mass is 9.95. The molecule has 0 atom stereocenters. The van der Waals surface area contributed by atoms with Gasteiger partial charge in [0.1, 0.15) is 10.8 Å². The number of nitrogens with zero attached hydrogens (tertiary/aromatic N) is 2. The van der Waals surface area contributed by atoms with E-state index in [9.17, 15) is 0 Å². The summed E-state index contributed by atoms with van der Waals surface area (Å²) in [6.45, 7) is 5.70. The fourth-order valence-corrected chi connectivity index (χ4v) is 3.90. The Bertz CT molecular complexity index is 745. The first-order valence-corrected chi connectivity index (χ1v) is 9.40. The molecule has 25 heavy (non-hydrogen) atoms. The number of hydrogen-bond acceptors (Lipinski definition) is 4. The third-order valence-corrected chi connectivity index (χ3v) is 5.90. The molecule has 2 aromatic rings. The van der Waals surface area contributed by atoms with E-state index in [1.54, 1.807) is 25.5 Å². The number of hydrogen-bond donors (Lipinski definition) is 2. The summed E-state index contributed by atoms with van der Waals surface area (Å²) in [5, 5.41) is 7.92. The van der Waals surface area contributed by atoms with Crippen LogP contribution in [0.4, 0.5) is 0 Å². The van der Waals surface area contributed by atoms with Crippen molar-refractivity contribution in [3.8, 4) is 5.75 Å². The molecule has 0 radical (unpaired) electrons. The number of benzene rings is 1. The highest BCUT2D eigenvalue weighted by Crippen LogP contribution is 2.50. The third kappa shape index (κ3) is 3.95. The lowest BCUT2D eigenvalue weighted by Crippen LogP contribution is -2.41. The predicted octanol–water partition coefficient (Wildman–Crippen LogP) is 3.17. The van der Waals surface area contributed by atoms with Crippen LogP contribution >= 0.6 is 11.3 Å². The molecule has 3 rings (SSSR count). The molecular weight excluding hydrogens is 332 g/mol. The minimum atomic E-state index is 0.151. The molecule has 1 aromatic heterocycles. The van der Waals surface area contributed by atoms with Gasteiger partial charge >= 0.3 is 0 Å². The van der Waals surface area contributed by atoms with Gasteiger partial charge in [-0.05, 0) is 32.8 Å². The van der Waals surface area contributed by atoms with Crippen LogP contribution in [0, 0.1) is 13.8 Å². The van der Waals surface area contributed by atoms with E-state index in [-0.39, 0.29) is 5.41 Å². The quantitative estimate of drug-likeness (QED) is 0.615. The van der Waals surface area contributed by atoms with Crippen LogP contribution in [-0.2, 0) is 12.0 Å². The van der Waals surface area contributed by atoms with Gasteiger partial charge in [0.05, 0.1) is 19.3 Å². The summed E-state index contributed by atoms with van der Waals surface area (Å²) in [6.07, 6.45) is 2.34. The van der Waals surface area contributed by atoms with E-state index in [1.165, 1.54) is 23.3 Å². The zero-order chi connectivity index (χ0) is 17.9. The SMILES string of the molecule is CN=C(NCc1nc(C)c(C)s1)NCC1(c2ccccc2OC)CC1. The van der Waals surface area contributed by atoms with Gasteiger partial charge in [0.25, 0.3) is 0 Å². The molecule has 1 aliphatic carbocycles. The van der Waals surface area contributed by atoms with Crippen LogP contribution in [0.2, 0.25) is 0 Å². The number of methoxy groups -OCH3 is 1. The molecule has 1 heterocycles. The predicted molar refractivity (Wildman–Crippen MR) is 104 cm³/mol. The molecule has 1 aliphatic rings. The molecule has 0 amide bonds. The van der Waals surface area contributed by atoms with Crippen LogP contribution in [-0.4, -0.2) is 31.6 Å². The Morgan fingerprint density at radius 2 is 2.04 bits per heavy atom. The van der Waals surface area contributed by atoms with Gasteiger partial charge in [0.2, 0.25) is 0 Å². The zero-order valence-electron chi connectivity index (χ0n) is 15.3. The molecule has 1 fully saturated rings. The molecule has 0 aliphatic heterocycles. The third-order valence-electron chi connectivity index (χ3n) is 4.83. The monoisotopic (exact) mass is 358 g/mol. The molecule has 134 valence electrons. The topological polar surface area (TPSA) is 58.5 Å². The summed E-state index contributed by atoms with van der Waals surface area (Å²) in [7, 11) is 3.54. The lowest BCUT2D eigenvalue weighted by molar-refractivity contribution is 0.403. The van der Waals surface area contributed by atoms with Crippen molar-refractivity contribution in [1.82, 2.24) is 15.6 Å². The molecule has 5 nitrogen and oxygen atoms in total. The van der Waals surface area contributed by atoms with E-state index in [0.29, 0.717) is 6.54 Å². The number of aromatic nitrogens is 1. The van der Waals surface area contributed by atoms with Gasteiger partial charge in [-0.1, -0.05) is 18.2 Å². The van der Waals surface area contributed by atoms with Gasteiger partial charge in [-0.25, -0.2) is 4.98 Å². The molecule has 0 saturated heterocycles. The smallest absolute Gasteiger partial charge is 0.191 e. The Balaban J connectivity index is 1.59. The highest BCUT2D eigenvalue weighted by molar-refractivity contribution is 7.11. The maximum atomic E-state index is 5.54. The van der Waals surface area contributed by atoms with Crippen molar-refractivity contribution in [3.05, 3.63) is 45.4 Å². The fourth-order valence-electron chi connectivity index (χ4n) is 3.02. The molecule has 0 unspecified atom stereocenters. The van der Waals surface area contributed by atoms with Gasteiger partial charge in [-0.15, -0.1) is 11.3 Å². The summed E-state index contributed by atoms with van der Waals surface area (Å²) in [5.41, 5.74) is 2.54. The van der Waals surface area contributed by atoms with Crippen molar-refractivity contribution in [3.63, 3.8) is 0 Å². The van der Waals surface area contributed by atoms with Crippen molar-refractivity contribution in [2.45, 2.75) is 38.6 Å². The normalized spacial score (nSPS) is 15.8. The highest BCUT2D eigenvalue weighted by atomic mass is 32.1. The molecule has 1 saturated carbocycles. The number of guanidine groups is 1. The van der Waals surface area contributed by atoms with E-state index in [4.69, 9.17) is 4.74 Å². The van der Waals surface area contributed by atoms with Crippen molar-refractivity contribution in [2.24, 2.45) is 4.99 Å². The minimum Gasteiger partial charge on any atom is -0.496 e.